The van der Waals surface area contributed by atoms with Crippen LogP contribution in [0.25, 0.3) is 0 Å². The summed E-state index contributed by atoms with van der Waals surface area (Å²) < 4.78 is 7.48. The molecule has 3 rings (SSSR count). The lowest BCUT2D eigenvalue weighted by atomic mass is 10.1. The minimum atomic E-state index is -0.520. The molecule has 190 valence electrons. The van der Waals surface area contributed by atoms with E-state index in [0.717, 1.165) is 47.9 Å². The number of aromatic nitrogens is 2. The first-order valence-corrected chi connectivity index (χ1v) is 12.8. The van der Waals surface area contributed by atoms with Crippen LogP contribution in [-0.2, 0) is 11.3 Å². The van der Waals surface area contributed by atoms with E-state index < -0.39 is 4.92 Å². The van der Waals surface area contributed by atoms with Gasteiger partial charge >= 0.3 is 5.82 Å². The Labute approximate surface area is 215 Å². The highest BCUT2D eigenvalue weighted by Gasteiger charge is 2.26. The highest BCUT2D eigenvalue weighted by atomic mass is 32.2. The van der Waals surface area contributed by atoms with Gasteiger partial charge in [0.1, 0.15) is 5.75 Å². The number of carbonyl (C=O) groups is 1. The molecule has 1 aromatic heterocycles. The van der Waals surface area contributed by atoms with Gasteiger partial charge in [0.05, 0.1) is 24.6 Å². The normalized spacial score (nSPS) is 11.4. The SMILES string of the molecule is CCCCCOc1ccc(/C(C)=N/NC(=O)CSc2c([N+](=O)[O-])nc(C)n2Cc2ccccc2)cc1. The molecule has 0 saturated heterocycles. The molecule has 3 aromatic rings. The molecule has 0 spiro atoms. The molecule has 1 amide bonds. The van der Waals surface area contributed by atoms with Crippen LogP contribution in [0.5, 0.6) is 5.75 Å². The molecule has 0 bridgehead atoms. The van der Waals surface area contributed by atoms with Crippen molar-refractivity contribution in [3.8, 4) is 5.75 Å². The molecule has 0 fully saturated rings. The summed E-state index contributed by atoms with van der Waals surface area (Å²) in [6, 6.07) is 17.2. The van der Waals surface area contributed by atoms with Gasteiger partial charge in [0.2, 0.25) is 11.7 Å². The van der Waals surface area contributed by atoms with Crippen molar-refractivity contribution in [2.75, 3.05) is 12.4 Å². The number of aryl methyl sites for hydroxylation is 1. The summed E-state index contributed by atoms with van der Waals surface area (Å²) in [7, 11) is 0. The van der Waals surface area contributed by atoms with Crippen molar-refractivity contribution in [2.45, 2.75) is 51.6 Å². The van der Waals surface area contributed by atoms with Gasteiger partial charge < -0.3 is 14.9 Å². The molecule has 0 unspecified atom stereocenters. The topological polar surface area (TPSA) is 112 Å². The molecule has 0 atom stereocenters. The lowest BCUT2D eigenvalue weighted by molar-refractivity contribution is -0.392. The van der Waals surface area contributed by atoms with E-state index in [0.29, 0.717) is 29.7 Å². The number of nitrogens with one attached hydrogen (secondary N) is 1. The largest absolute Gasteiger partial charge is 0.494 e. The Kier molecular flexibility index (Phi) is 10.1. The summed E-state index contributed by atoms with van der Waals surface area (Å²) in [4.78, 5) is 27.6. The predicted octanol–water partition coefficient (Wildman–Crippen LogP) is 5.35. The fourth-order valence-corrected chi connectivity index (χ4v) is 4.39. The van der Waals surface area contributed by atoms with Crippen LogP contribution in [-0.4, -0.2) is 38.5 Å². The fraction of sp³-hybridized carbons (Fsp3) is 0.346. The Morgan fingerprint density at radius 2 is 1.89 bits per heavy atom. The maximum absolute atomic E-state index is 12.5. The van der Waals surface area contributed by atoms with Gasteiger partial charge in [-0.3, -0.25) is 9.36 Å². The maximum Gasteiger partial charge on any atom is 0.396 e. The number of unbranched alkanes of at least 4 members (excludes halogenated alkanes) is 2. The average Bonchev–Trinajstić information content (AvgIpc) is 3.20. The third kappa shape index (κ3) is 7.67. The number of hydrogen-bond donors (Lipinski definition) is 1. The van der Waals surface area contributed by atoms with E-state index in [2.05, 4.69) is 22.4 Å². The van der Waals surface area contributed by atoms with Crippen molar-refractivity contribution in [2.24, 2.45) is 5.10 Å². The lowest BCUT2D eigenvalue weighted by Crippen LogP contribution is -2.21. The smallest absolute Gasteiger partial charge is 0.396 e. The first-order valence-electron chi connectivity index (χ1n) is 11.8. The van der Waals surface area contributed by atoms with Gasteiger partial charge in [-0.15, -0.1) is 0 Å². The van der Waals surface area contributed by atoms with Gasteiger partial charge in [-0.05, 0) is 58.6 Å². The van der Waals surface area contributed by atoms with E-state index in [4.69, 9.17) is 4.74 Å². The monoisotopic (exact) mass is 509 g/mol. The van der Waals surface area contributed by atoms with E-state index in [1.807, 2.05) is 54.6 Å². The van der Waals surface area contributed by atoms with Crippen LogP contribution in [0.4, 0.5) is 5.82 Å². The van der Waals surface area contributed by atoms with Crippen LogP contribution in [0.3, 0.4) is 0 Å². The highest BCUT2D eigenvalue weighted by molar-refractivity contribution is 8.00. The van der Waals surface area contributed by atoms with Gasteiger partial charge in [-0.25, -0.2) is 5.43 Å². The first kappa shape index (κ1) is 26.9. The number of nitro groups is 1. The van der Waals surface area contributed by atoms with Crippen LogP contribution in [0, 0.1) is 17.0 Å². The summed E-state index contributed by atoms with van der Waals surface area (Å²) in [5, 5.41) is 16.1. The molecule has 0 aliphatic heterocycles. The van der Waals surface area contributed by atoms with Crippen molar-refractivity contribution in [3.05, 3.63) is 81.7 Å². The molecule has 36 heavy (non-hydrogen) atoms. The molecule has 0 aliphatic carbocycles. The number of ether oxygens (including phenoxy) is 1. The van der Waals surface area contributed by atoms with Gasteiger partial charge in [-0.2, -0.15) is 5.10 Å². The Balaban J connectivity index is 1.60. The van der Waals surface area contributed by atoms with Crippen LogP contribution in [0.2, 0.25) is 0 Å². The Bertz CT molecular complexity index is 1190. The van der Waals surface area contributed by atoms with E-state index >= 15 is 0 Å². The summed E-state index contributed by atoms with van der Waals surface area (Å²) >= 11 is 1.07. The van der Waals surface area contributed by atoms with Crippen molar-refractivity contribution < 1.29 is 14.5 Å². The van der Waals surface area contributed by atoms with E-state index in [9.17, 15) is 14.9 Å². The van der Waals surface area contributed by atoms with Gasteiger partial charge in [0.25, 0.3) is 0 Å². The average molecular weight is 510 g/mol. The molecular formula is C26H31N5O4S. The van der Waals surface area contributed by atoms with Crippen LogP contribution in [0.1, 0.15) is 50.1 Å². The standard InChI is InChI=1S/C26H31N5O4S/c1-4-5-9-16-35-23-14-12-22(13-15-23)19(2)28-29-24(32)18-36-26-25(31(33)34)27-20(3)30(26)17-21-10-7-6-8-11-21/h6-8,10-15H,4-5,9,16-18H2,1-3H3,(H,29,32)/b28-19+. The van der Waals surface area contributed by atoms with Crippen molar-refractivity contribution in [1.82, 2.24) is 15.0 Å². The Hall–Kier alpha value is -3.66. The number of carbonyl (C=O) groups excluding carboxylic acids is 1. The van der Waals surface area contributed by atoms with Crippen molar-refractivity contribution in [1.29, 1.82) is 0 Å². The zero-order valence-corrected chi connectivity index (χ0v) is 21.6. The second kappa shape index (κ2) is 13.4. The molecule has 9 nitrogen and oxygen atoms in total. The number of hydrogen-bond acceptors (Lipinski definition) is 7. The Morgan fingerprint density at radius 3 is 2.56 bits per heavy atom. The molecule has 1 N–H and O–H groups in total. The lowest BCUT2D eigenvalue weighted by Gasteiger charge is -2.09. The molecule has 0 saturated carbocycles. The summed E-state index contributed by atoms with van der Waals surface area (Å²) in [5.74, 6) is 0.655. The maximum atomic E-state index is 12.5. The fourth-order valence-electron chi connectivity index (χ4n) is 3.45. The molecule has 0 aliphatic rings. The number of thioether (sulfide) groups is 1. The minimum Gasteiger partial charge on any atom is -0.494 e. The third-order valence-electron chi connectivity index (χ3n) is 5.43. The molecule has 1 heterocycles. The number of benzene rings is 2. The van der Waals surface area contributed by atoms with Crippen molar-refractivity contribution in [3.63, 3.8) is 0 Å². The van der Waals surface area contributed by atoms with Gasteiger partial charge in [0, 0.05) is 6.92 Å². The third-order valence-corrected chi connectivity index (χ3v) is 6.51. The number of nitrogens with zero attached hydrogens (tertiary/aromatic N) is 4. The van der Waals surface area contributed by atoms with E-state index in [1.165, 1.54) is 0 Å². The molecule has 0 radical (unpaired) electrons. The predicted molar refractivity (Wildman–Crippen MR) is 142 cm³/mol. The van der Waals surface area contributed by atoms with Gasteiger partial charge in [0.15, 0.2) is 5.03 Å². The second-order valence-corrected chi connectivity index (χ2v) is 9.18. The van der Waals surface area contributed by atoms with E-state index in [1.54, 1.807) is 18.4 Å². The summed E-state index contributed by atoms with van der Waals surface area (Å²) in [6.45, 7) is 6.78. The van der Waals surface area contributed by atoms with Crippen LogP contribution in [0.15, 0.2) is 64.7 Å². The first-order chi connectivity index (χ1) is 17.4. The molecule has 10 heteroatoms. The number of amides is 1. The summed E-state index contributed by atoms with van der Waals surface area (Å²) in [6.07, 6.45) is 3.32. The molecular weight excluding hydrogens is 478 g/mol. The zero-order valence-electron chi connectivity index (χ0n) is 20.8. The Morgan fingerprint density at radius 1 is 1.17 bits per heavy atom. The highest BCUT2D eigenvalue weighted by Crippen LogP contribution is 2.30. The van der Waals surface area contributed by atoms with Gasteiger partial charge in [-0.1, -0.05) is 61.9 Å². The quantitative estimate of drug-likeness (QED) is 0.109. The van der Waals surface area contributed by atoms with E-state index in [-0.39, 0.29) is 17.5 Å². The van der Waals surface area contributed by atoms with Crippen LogP contribution >= 0.6 is 11.8 Å². The summed E-state index contributed by atoms with van der Waals surface area (Å²) in [5.41, 5.74) is 5.02. The number of imidazole rings is 1. The molecule has 2 aromatic carbocycles. The van der Waals surface area contributed by atoms with Crippen molar-refractivity contribution >= 4 is 29.2 Å². The van der Waals surface area contributed by atoms with Crippen LogP contribution < -0.4 is 10.2 Å². The zero-order chi connectivity index (χ0) is 25.9. The minimum absolute atomic E-state index is 0.0396. The second-order valence-electron chi connectivity index (χ2n) is 8.22. The number of rotatable bonds is 13. The number of hydrazone groups is 1.